The Kier molecular flexibility index (Phi) is 6.47. The lowest BCUT2D eigenvalue weighted by Crippen LogP contribution is -2.45. The number of hydrogen-bond acceptors (Lipinski definition) is 5. The summed E-state index contributed by atoms with van der Waals surface area (Å²) in [6, 6.07) is 13.2. The molecule has 1 unspecified atom stereocenters. The van der Waals surface area contributed by atoms with E-state index < -0.39 is 17.7 Å². The molecule has 4 rings (SSSR count). The number of rotatable bonds is 4. The van der Waals surface area contributed by atoms with E-state index in [-0.39, 0.29) is 11.7 Å². The van der Waals surface area contributed by atoms with Crippen LogP contribution >= 0.6 is 11.3 Å². The summed E-state index contributed by atoms with van der Waals surface area (Å²) in [6.45, 7) is 5.88. The molecule has 1 atom stereocenters. The van der Waals surface area contributed by atoms with Gasteiger partial charge in [0, 0.05) is 23.1 Å². The van der Waals surface area contributed by atoms with E-state index in [2.05, 4.69) is 10.3 Å². The Morgan fingerprint density at radius 2 is 1.82 bits per heavy atom. The molecule has 2 heterocycles. The Morgan fingerprint density at radius 1 is 1.12 bits per heavy atom. The predicted molar refractivity (Wildman–Crippen MR) is 128 cm³/mol. The minimum absolute atomic E-state index is 0.268. The van der Waals surface area contributed by atoms with Crippen LogP contribution in [-0.2, 0) is 9.53 Å². The van der Waals surface area contributed by atoms with Gasteiger partial charge in [-0.15, -0.1) is 11.3 Å². The van der Waals surface area contributed by atoms with Crippen LogP contribution in [0.25, 0.3) is 21.8 Å². The maximum absolute atomic E-state index is 14.2. The standard InChI is InChI=1S/C25H26FN3O3S/c1-25(2,3)32-24(31)29-14-8-13-21(29)22(30)27-19-12-7-5-10-17(19)20-15-33-23(28-20)16-9-4-6-11-18(16)26/h4-7,9-12,15,21H,8,13-14H2,1-3H3,(H,27,30). The van der Waals surface area contributed by atoms with Gasteiger partial charge in [-0.05, 0) is 51.8 Å². The summed E-state index contributed by atoms with van der Waals surface area (Å²) >= 11 is 1.34. The molecular weight excluding hydrogens is 441 g/mol. The second kappa shape index (κ2) is 9.31. The van der Waals surface area contributed by atoms with Crippen LogP contribution in [0.5, 0.6) is 0 Å². The minimum atomic E-state index is -0.631. The Balaban J connectivity index is 1.54. The van der Waals surface area contributed by atoms with Crippen molar-refractivity contribution < 1.29 is 18.7 Å². The van der Waals surface area contributed by atoms with Crippen LogP contribution in [0.1, 0.15) is 33.6 Å². The second-order valence-corrected chi connectivity index (χ2v) is 9.74. The van der Waals surface area contributed by atoms with Gasteiger partial charge in [0.15, 0.2) is 0 Å². The van der Waals surface area contributed by atoms with Crippen molar-refractivity contribution >= 4 is 29.0 Å². The van der Waals surface area contributed by atoms with Gasteiger partial charge in [0.25, 0.3) is 0 Å². The predicted octanol–water partition coefficient (Wildman–Crippen LogP) is 5.95. The van der Waals surface area contributed by atoms with E-state index in [0.717, 1.165) is 12.0 Å². The molecule has 0 saturated carbocycles. The number of ether oxygens (including phenoxy) is 1. The lowest BCUT2D eigenvalue weighted by atomic mass is 10.1. The molecule has 0 aliphatic carbocycles. The van der Waals surface area contributed by atoms with Gasteiger partial charge in [-0.2, -0.15) is 0 Å². The number of nitrogens with one attached hydrogen (secondary N) is 1. The first kappa shape index (κ1) is 22.9. The van der Waals surface area contributed by atoms with E-state index in [9.17, 15) is 14.0 Å². The highest BCUT2D eigenvalue weighted by molar-refractivity contribution is 7.13. The minimum Gasteiger partial charge on any atom is -0.444 e. The summed E-state index contributed by atoms with van der Waals surface area (Å²) in [6.07, 6.45) is 0.820. The van der Waals surface area contributed by atoms with Crippen molar-refractivity contribution in [2.75, 3.05) is 11.9 Å². The lowest BCUT2D eigenvalue weighted by molar-refractivity contribution is -0.120. The van der Waals surface area contributed by atoms with Gasteiger partial charge in [-0.3, -0.25) is 9.69 Å². The fourth-order valence-corrected chi connectivity index (χ4v) is 4.61. The average Bonchev–Trinajstić information content (AvgIpc) is 3.43. The number of aromatic nitrogens is 1. The summed E-state index contributed by atoms with van der Waals surface area (Å²) in [5, 5.41) is 5.37. The summed E-state index contributed by atoms with van der Waals surface area (Å²) in [5.74, 6) is -0.598. The molecule has 3 aromatic rings. The monoisotopic (exact) mass is 467 g/mol. The molecule has 2 amide bonds. The van der Waals surface area contributed by atoms with Crippen LogP contribution in [0.15, 0.2) is 53.9 Å². The van der Waals surface area contributed by atoms with Crippen LogP contribution in [-0.4, -0.2) is 40.1 Å². The van der Waals surface area contributed by atoms with E-state index in [1.54, 1.807) is 45.0 Å². The van der Waals surface area contributed by atoms with Gasteiger partial charge < -0.3 is 10.1 Å². The first-order valence-electron chi connectivity index (χ1n) is 10.8. The van der Waals surface area contributed by atoms with Crippen molar-refractivity contribution in [3.05, 3.63) is 59.7 Å². The number of benzene rings is 2. The van der Waals surface area contributed by atoms with E-state index in [4.69, 9.17) is 4.74 Å². The summed E-state index contributed by atoms with van der Waals surface area (Å²) in [7, 11) is 0. The fraction of sp³-hybridized carbons (Fsp3) is 0.320. The van der Waals surface area contributed by atoms with Gasteiger partial charge in [-0.1, -0.05) is 30.3 Å². The van der Waals surface area contributed by atoms with Gasteiger partial charge in [0.05, 0.1) is 11.4 Å². The van der Waals surface area contributed by atoms with Crippen LogP contribution in [0.3, 0.4) is 0 Å². The summed E-state index contributed by atoms with van der Waals surface area (Å²) in [5.41, 5.74) is 1.77. The number of hydrogen-bond donors (Lipinski definition) is 1. The van der Waals surface area contributed by atoms with E-state index in [1.165, 1.54) is 22.3 Å². The normalized spacial score (nSPS) is 16.0. The molecule has 6 nitrogen and oxygen atoms in total. The number of likely N-dealkylation sites (tertiary alicyclic amines) is 1. The molecule has 0 spiro atoms. The van der Waals surface area contributed by atoms with Crippen molar-refractivity contribution in [2.45, 2.75) is 45.3 Å². The molecule has 0 radical (unpaired) electrons. The van der Waals surface area contributed by atoms with Gasteiger partial charge >= 0.3 is 6.09 Å². The molecular formula is C25H26FN3O3S. The largest absolute Gasteiger partial charge is 0.444 e. The smallest absolute Gasteiger partial charge is 0.410 e. The quantitative estimate of drug-likeness (QED) is 0.514. The molecule has 1 saturated heterocycles. The third-order valence-electron chi connectivity index (χ3n) is 5.25. The van der Waals surface area contributed by atoms with Crippen molar-refractivity contribution in [1.82, 2.24) is 9.88 Å². The summed E-state index contributed by atoms with van der Waals surface area (Å²) in [4.78, 5) is 31.8. The SMILES string of the molecule is CC(C)(C)OC(=O)N1CCCC1C(=O)Nc1ccccc1-c1csc(-c2ccccc2F)n1. The third-order valence-corrected chi connectivity index (χ3v) is 6.13. The first-order valence-corrected chi connectivity index (χ1v) is 11.7. The van der Waals surface area contributed by atoms with Crippen LogP contribution in [0.2, 0.25) is 0 Å². The number of carbonyl (C=O) groups is 2. The number of carbonyl (C=O) groups excluding carboxylic acids is 2. The fourth-order valence-electron chi connectivity index (χ4n) is 3.77. The molecule has 0 bridgehead atoms. The maximum Gasteiger partial charge on any atom is 0.410 e. The zero-order chi connectivity index (χ0) is 23.6. The molecule has 172 valence electrons. The number of anilines is 1. The average molecular weight is 468 g/mol. The molecule has 1 aromatic heterocycles. The highest BCUT2D eigenvalue weighted by Crippen LogP contribution is 2.34. The third kappa shape index (κ3) is 5.22. The Hall–Kier alpha value is -3.26. The summed E-state index contributed by atoms with van der Waals surface area (Å²) < 4.78 is 19.7. The Bertz CT molecular complexity index is 1170. The van der Waals surface area contributed by atoms with Crippen molar-refractivity contribution in [2.24, 2.45) is 0 Å². The Morgan fingerprint density at radius 3 is 2.55 bits per heavy atom. The number of thiazole rings is 1. The molecule has 1 N–H and O–H groups in total. The maximum atomic E-state index is 14.2. The number of nitrogens with zero attached hydrogens (tertiary/aromatic N) is 2. The molecule has 33 heavy (non-hydrogen) atoms. The van der Waals surface area contributed by atoms with Crippen molar-refractivity contribution in [1.29, 1.82) is 0 Å². The molecule has 2 aromatic carbocycles. The van der Waals surface area contributed by atoms with Crippen LogP contribution in [0.4, 0.5) is 14.9 Å². The van der Waals surface area contributed by atoms with Gasteiger partial charge in [0.1, 0.15) is 22.5 Å². The topological polar surface area (TPSA) is 71.5 Å². The van der Waals surface area contributed by atoms with E-state index in [0.29, 0.717) is 34.9 Å². The van der Waals surface area contributed by atoms with E-state index in [1.807, 2.05) is 23.6 Å². The van der Waals surface area contributed by atoms with Crippen LogP contribution in [0, 0.1) is 5.82 Å². The lowest BCUT2D eigenvalue weighted by Gasteiger charge is -2.28. The number of amides is 2. The zero-order valence-corrected chi connectivity index (χ0v) is 19.6. The first-order chi connectivity index (χ1) is 15.7. The zero-order valence-electron chi connectivity index (χ0n) is 18.8. The number of halogens is 1. The van der Waals surface area contributed by atoms with Crippen LogP contribution < -0.4 is 5.32 Å². The van der Waals surface area contributed by atoms with Crippen molar-refractivity contribution in [3.8, 4) is 21.8 Å². The van der Waals surface area contributed by atoms with Gasteiger partial charge in [-0.25, -0.2) is 14.2 Å². The highest BCUT2D eigenvalue weighted by atomic mass is 32.1. The second-order valence-electron chi connectivity index (χ2n) is 8.88. The molecule has 8 heteroatoms. The molecule has 1 aliphatic heterocycles. The highest BCUT2D eigenvalue weighted by Gasteiger charge is 2.36. The number of para-hydroxylation sites is 1. The molecule has 1 fully saturated rings. The van der Waals surface area contributed by atoms with Crippen molar-refractivity contribution in [3.63, 3.8) is 0 Å². The van der Waals surface area contributed by atoms with Gasteiger partial charge in [0.2, 0.25) is 5.91 Å². The molecule has 1 aliphatic rings. The van der Waals surface area contributed by atoms with E-state index >= 15 is 0 Å². The Labute approximate surface area is 196 Å².